The molecule has 0 aliphatic carbocycles. The quantitative estimate of drug-likeness (QED) is 0.228. The van der Waals surface area contributed by atoms with Crippen molar-refractivity contribution < 1.29 is 42.2 Å². The Kier molecular flexibility index (Phi) is 18.6. The average molecular weight is 567 g/mol. The molecule has 0 aliphatic heterocycles. The monoisotopic (exact) mass is 566 g/mol. The predicted molar refractivity (Wildman–Crippen MR) is 153 cm³/mol. The van der Waals surface area contributed by atoms with Gasteiger partial charge in [0, 0.05) is 38.0 Å². The summed E-state index contributed by atoms with van der Waals surface area (Å²) < 4.78 is 25.5. The van der Waals surface area contributed by atoms with Gasteiger partial charge in [-0.25, -0.2) is 14.4 Å². The first kappa shape index (κ1) is 37.1. The summed E-state index contributed by atoms with van der Waals surface area (Å²) in [6.07, 6.45) is 2.13. The van der Waals surface area contributed by atoms with Crippen molar-refractivity contribution in [2.45, 2.75) is 33.9 Å². The van der Waals surface area contributed by atoms with Crippen LogP contribution in [0.15, 0.2) is 78.6 Å². The van der Waals surface area contributed by atoms with E-state index in [0.29, 0.717) is 17.4 Å². The van der Waals surface area contributed by atoms with Crippen LogP contribution in [0.3, 0.4) is 0 Å². The van der Waals surface area contributed by atoms with Gasteiger partial charge in [-0.15, -0.1) is 0 Å². The minimum atomic E-state index is -2.71. The summed E-state index contributed by atoms with van der Waals surface area (Å²) in [6, 6.07) is 10.2. The molecule has 1 N–H and O–H groups in total. The third kappa shape index (κ3) is 15.9. The predicted octanol–water partition coefficient (Wildman–Crippen LogP) is 3.99. The summed E-state index contributed by atoms with van der Waals surface area (Å²) in [4.78, 5) is 32.0. The third-order valence-corrected chi connectivity index (χ3v) is 9.78. The molecule has 0 atom stereocenters. The lowest BCUT2D eigenvalue weighted by molar-refractivity contribution is -0.138. The lowest BCUT2D eigenvalue weighted by Crippen LogP contribution is -2.46. The van der Waals surface area contributed by atoms with E-state index >= 15 is 0 Å². The maximum atomic E-state index is 11.3. The normalized spacial score (nSPS) is 10.7. The van der Waals surface area contributed by atoms with Crippen LogP contribution in [0.1, 0.15) is 20.8 Å². The number of rotatable bonds is 12. The minimum absolute atomic E-state index is 0.135. The van der Waals surface area contributed by atoms with Gasteiger partial charge in [0.1, 0.15) is 14.7 Å². The van der Waals surface area contributed by atoms with Gasteiger partial charge in [-0.3, -0.25) is 0 Å². The first-order chi connectivity index (χ1) is 17.6. The second kappa shape index (κ2) is 19.0. The molecule has 0 bridgehead atoms. The van der Waals surface area contributed by atoms with Crippen LogP contribution in [0.4, 0.5) is 0 Å². The SMILES string of the molecule is C=C(C)C(=O)O.C=C(C)C(=O)OCC=C[Si](OC)(OC)OC.C=C(C)C(=O)OC[Si](C)(C)c1ccccc1. The van der Waals surface area contributed by atoms with Gasteiger partial charge in [-0.05, 0) is 32.5 Å². The number of carboxylic acid groups (broad SMARTS) is 1. The van der Waals surface area contributed by atoms with Crippen LogP contribution in [0.2, 0.25) is 13.1 Å². The number of aliphatic carboxylic acids is 1. The summed E-state index contributed by atoms with van der Waals surface area (Å²) in [5, 5.41) is 9.19. The van der Waals surface area contributed by atoms with E-state index in [4.69, 9.17) is 27.9 Å². The molecule has 0 heterocycles. The highest BCUT2D eigenvalue weighted by Gasteiger charge is 2.34. The summed E-state index contributed by atoms with van der Waals surface area (Å²) in [7, 11) is 0.127. The molecule has 0 saturated heterocycles. The fourth-order valence-corrected chi connectivity index (χ4v) is 5.28. The lowest BCUT2D eigenvalue weighted by Gasteiger charge is -2.22. The molecule has 0 unspecified atom stereocenters. The van der Waals surface area contributed by atoms with Crippen LogP contribution in [-0.2, 0) is 37.1 Å². The number of carboxylic acids is 1. The van der Waals surface area contributed by atoms with Crippen LogP contribution in [0.5, 0.6) is 0 Å². The van der Waals surface area contributed by atoms with Crippen LogP contribution >= 0.6 is 0 Å². The van der Waals surface area contributed by atoms with Gasteiger partial charge in [0.2, 0.25) is 0 Å². The summed E-state index contributed by atoms with van der Waals surface area (Å²) in [6.45, 7) is 19.4. The van der Waals surface area contributed by atoms with E-state index in [1.807, 2.05) is 18.2 Å². The lowest BCUT2D eigenvalue weighted by atomic mass is 10.4. The molecule has 9 nitrogen and oxygen atoms in total. The average Bonchev–Trinajstić information content (AvgIpc) is 2.88. The number of benzene rings is 1. The Labute approximate surface area is 228 Å². The molecule has 212 valence electrons. The Balaban J connectivity index is 0. The van der Waals surface area contributed by atoms with E-state index < -0.39 is 28.8 Å². The molecule has 0 saturated carbocycles. The number of hydrogen-bond donors (Lipinski definition) is 1. The number of ether oxygens (including phenoxy) is 2. The van der Waals surface area contributed by atoms with E-state index in [0.717, 1.165) is 0 Å². The van der Waals surface area contributed by atoms with Crippen molar-refractivity contribution in [2.24, 2.45) is 0 Å². The standard InChI is InChI=1S/C13H18O2Si.C10H18O5Si.C4H6O2/c1-11(2)13(14)15-10-16(3,4)12-8-6-5-7-9-12;1-9(2)10(11)15-7-6-8-16(12-3,13-4)14-5;1-3(2)4(5)6/h5-9H,1,10H2,2-4H3;6,8H,1,7H2,2-5H3;1H2,2H3,(H,5,6). The van der Waals surface area contributed by atoms with E-state index in [2.05, 4.69) is 45.0 Å². The Hall–Kier alpha value is -3.10. The Bertz CT molecular complexity index is 946. The van der Waals surface area contributed by atoms with Crippen molar-refractivity contribution in [2.75, 3.05) is 34.2 Å². The fourth-order valence-electron chi connectivity index (χ4n) is 2.24. The number of carbonyl (C=O) groups excluding carboxylic acids is 2. The van der Waals surface area contributed by atoms with Crippen molar-refractivity contribution in [3.63, 3.8) is 0 Å². The molecule has 1 aromatic rings. The second-order valence-electron chi connectivity index (χ2n) is 8.69. The van der Waals surface area contributed by atoms with Gasteiger partial charge in [0.25, 0.3) is 0 Å². The largest absolute Gasteiger partial charge is 0.528 e. The molecule has 0 aliphatic rings. The van der Waals surface area contributed by atoms with Crippen molar-refractivity contribution in [3.05, 3.63) is 78.6 Å². The first-order valence-electron chi connectivity index (χ1n) is 11.5. The molecule has 38 heavy (non-hydrogen) atoms. The molecule has 0 fully saturated rings. The highest BCUT2D eigenvalue weighted by Crippen LogP contribution is 2.07. The zero-order valence-corrected chi connectivity index (χ0v) is 25.8. The molecular weight excluding hydrogens is 524 g/mol. The van der Waals surface area contributed by atoms with Gasteiger partial charge in [0.15, 0.2) is 0 Å². The first-order valence-corrected chi connectivity index (χ1v) is 16.5. The summed E-state index contributed by atoms with van der Waals surface area (Å²) in [5.74, 6) is -1.66. The van der Waals surface area contributed by atoms with Crippen molar-refractivity contribution in [1.29, 1.82) is 0 Å². The van der Waals surface area contributed by atoms with Crippen LogP contribution in [0.25, 0.3) is 0 Å². The minimum Gasteiger partial charge on any atom is -0.478 e. The molecule has 0 radical (unpaired) electrons. The maximum absolute atomic E-state index is 11.3. The van der Waals surface area contributed by atoms with Gasteiger partial charge in [0.05, 0.1) is 6.23 Å². The van der Waals surface area contributed by atoms with E-state index in [-0.39, 0.29) is 18.1 Å². The smallest absolute Gasteiger partial charge is 0.478 e. The molecule has 0 spiro atoms. The molecule has 1 rings (SSSR count). The zero-order chi connectivity index (χ0) is 29.9. The molecule has 1 aromatic carbocycles. The van der Waals surface area contributed by atoms with Crippen molar-refractivity contribution in [1.82, 2.24) is 0 Å². The van der Waals surface area contributed by atoms with Gasteiger partial charge in [-0.2, -0.15) is 0 Å². The Morgan fingerprint density at radius 1 is 0.816 bits per heavy atom. The van der Waals surface area contributed by atoms with E-state index in [9.17, 15) is 14.4 Å². The summed E-state index contributed by atoms with van der Waals surface area (Å²) >= 11 is 0. The highest BCUT2D eigenvalue weighted by molar-refractivity contribution is 6.89. The third-order valence-electron chi connectivity index (χ3n) is 4.67. The van der Waals surface area contributed by atoms with Crippen molar-refractivity contribution >= 4 is 40.0 Å². The summed E-state index contributed by atoms with van der Waals surface area (Å²) in [5.41, 5.74) is 2.65. The topological polar surface area (TPSA) is 118 Å². The van der Waals surface area contributed by atoms with Gasteiger partial charge in [-0.1, -0.05) is 68.3 Å². The Morgan fingerprint density at radius 2 is 1.24 bits per heavy atom. The number of carbonyl (C=O) groups is 3. The molecule has 11 heteroatoms. The second-order valence-corrected chi connectivity index (χ2v) is 16.1. The van der Waals surface area contributed by atoms with Crippen LogP contribution < -0.4 is 5.19 Å². The van der Waals surface area contributed by atoms with Crippen LogP contribution in [-0.4, -0.2) is 74.1 Å². The molecule has 0 aromatic heterocycles. The van der Waals surface area contributed by atoms with Crippen molar-refractivity contribution in [3.8, 4) is 0 Å². The molecular formula is C27H42O9Si2. The highest BCUT2D eigenvalue weighted by atomic mass is 28.4. The fraction of sp³-hybridized carbons (Fsp3) is 0.370. The van der Waals surface area contributed by atoms with Gasteiger partial charge < -0.3 is 27.9 Å². The van der Waals surface area contributed by atoms with E-state index in [1.54, 1.807) is 25.6 Å². The zero-order valence-electron chi connectivity index (χ0n) is 23.8. The Morgan fingerprint density at radius 3 is 1.61 bits per heavy atom. The van der Waals surface area contributed by atoms with E-state index in [1.165, 1.54) is 33.4 Å². The number of hydrogen-bond acceptors (Lipinski definition) is 8. The molecule has 0 amide bonds. The maximum Gasteiger partial charge on any atom is 0.528 e. The number of esters is 2. The van der Waals surface area contributed by atoms with Gasteiger partial charge >= 0.3 is 26.7 Å². The van der Waals surface area contributed by atoms with Crippen LogP contribution in [0, 0.1) is 0 Å².